The number of nitrogens with zero attached hydrogens (tertiary/aromatic N) is 4. The number of hydrogen-bond donors (Lipinski definition) is 1. The summed E-state index contributed by atoms with van der Waals surface area (Å²) in [6.45, 7) is 13.6. The number of esters is 1. The second-order valence-electron chi connectivity index (χ2n) is 15.8. The number of ether oxygens (including phenoxy) is 4. The van der Waals surface area contributed by atoms with Crippen molar-refractivity contribution < 1.29 is 38.4 Å². The van der Waals surface area contributed by atoms with Gasteiger partial charge in [0.25, 0.3) is 0 Å². The van der Waals surface area contributed by atoms with Crippen LogP contribution in [-0.4, -0.2) is 160 Å². The molecule has 47 heavy (non-hydrogen) atoms. The van der Waals surface area contributed by atoms with Crippen molar-refractivity contribution in [2.24, 2.45) is 23.2 Å². The fourth-order valence-corrected chi connectivity index (χ4v) is 7.97. The number of rotatable bonds is 7. The highest BCUT2D eigenvalue weighted by molar-refractivity contribution is 6.04. The van der Waals surface area contributed by atoms with Crippen LogP contribution in [-0.2, 0) is 33.3 Å². The summed E-state index contributed by atoms with van der Waals surface area (Å²) in [5, 5.41) is 11.3. The fourth-order valence-electron chi connectivity index (χ4n) is 7.97. The third-order valence-electron chi connectivity index (χ3n) is 10.8. The van der Waals surface area contributed by atoms with Crippen LogP contribution < -0.4 is 0 Å². The van der Waals surface area contributed by atoms with Gasteiger partial charge in [-0.3, -0.25) is 19.3 Å². The van der Waals surface area contributed by atoms with Gasteiger partial charge >= 0.3 is 5.97 Å². The zero-order valence-corrected chi connectivity index (χ0v) is 31.2. The van der Waals surface area contributed by atoms with Gasteiger partial charge in [0.2, 0.25) is 5.91 Å². The quantitative estimate of drug-likeness (QED) is 0.317. The van der Waals surface area contributed by atoms with Crippen molar-refractivity contribution in [2.45, 2.75) is 110 Å². The van der Waals surface area contributed by atoms with Crippen molar-refractivity contribution in [3.05, 3.63) is 0 Å². The Morgan fingerprint density at radius 1 is 1.06 bits per heavy atom. The van der Waals surface area contributed by atoms with E-state index in [-0.39, 0.29) is 48.3 Å². The molecule has 0 radical (unpaired) electrons. The predicted octanol–water partition coefficient (Wildman–Crippen LogP) is 2.12. The van der Waals surface area contributed by atoms with E-state index in [2.05, 4.69) is 18.9 Å². The molecule has 3 aliphatic heterocycles. The summed E-state index contributed by atoms with van der Waals surface area (Å²) in [5.74, 6) is -1.22. The van der Waals surface area contributed by atoms with Crippen LogP contribution in [0.3, 0.4) is 0 Å². The maximum atomic E-state index is 14.3. The van der Waals surface area contributed by atoms with Crippen molar-refractivity contribution in [3.63, 3.8) is 0 Å². The monoisotopic (exact) mass is 668 g/mol. The summed E-state index contributed by atoms with van der Waals surface area (Å²) >= 11 is 0. The number of carbonyl (C=O) groups excluding carboxylic acids is 3. The first-order valence-electron chi connectivity index (χ1n) is 17.4. The number of ketones is 1. The summed E-state index contributed by atoms with van der Waals surface area (Å²) in [6, 6.07) is -0.264. The summed E-state index contributed by atoms with van der Waals surface area (Å²) in [5.41, 5.74) is -2.40. The molecule has 1 N–H and O–H groups in total. The van der Waals surface area contributed by atoms with Crippen LogP contribution in [0.2, 0.25) is 0 Å². The van der Waals surface area contributed by atoms with E-state index >= 15 is 0 Å². The molecule has 12 nitrogen and oxygen atoms in total. The lowest BCUT2D eigenvalue weighted by molar-refractivity contribution is -0.295. The molecule has 0 unspecified atom stereocenters. The molecule has 272 valence electrons. The van der Waals surface area contributed by atoms with E-state index in [9.17, 15) is 19.5 Å². The van der Waals surface area contributed by atoms with Gasteiger partial charge in [0, 0.05) is 44.7 Å². The number of methoxy groups -OCH3 is 1. The number of aliphatic hydroxyl groups excluding tert-OH is 1. The Labute approximate surface area is 283 Å². The minimum Gasteiger partial charge on any atom is -0.463 e. The predicted molar refractivity (Wildman–Crippen MR) is 180 cm³/mol. The number of amides is 1. The summed E-state index contributed by atoms with van der Waals surface area (Å²) < 4.78 is 25.0. The van der Waals surface area contributed by atoms with Crippen LogP contribution in [0.25, 0.3) is 0 Å². The molecule has 3 saturated heterocycles. The smallest absolute Gasteiger partial charge is 0.319 e. The van der Waals surface area contributed by atoms with Crippen LogP contribution in [0, 0.1) is 23.2 Å². The first-order chi connectivity index (χ1) is 21.8. The number of likely N-dealkylation sites (tertiary alicyclic amines) is 1. The molecule has 3 aliphatic rings. The lowest BCUT2D eigenvalue weighted by Crippen LogP contribution is -2.59. The molecule has 9 atom stereocenters. The number of likely N-dealkylation sites (N-methyl/N-ethyl adjacent to an activating group) is 3. The average molecular weight is 669 g/mol. The Morgan fingerprint density at radius 3 is 2.23 bits per heavy atom. The molecule has 12 heteroatoms. The van der Waals surface area contributed by atoms with Gasteiger partial charge in [0.1, 0.15) is 18.1 Å². The van der Waals surface area contributed by atoms with Crippen molar-refractivity contribution in [1.29, 1.82) is 0 Å². The average Bonchev–Trinajstić information content (AvgIpc) is 2.99. The van der Waals surface area contributed by atoms with Crippen LogP contribution in [0.5, 0.6) is 0 Å². The first kappa shape index (κ1) is 39.8. The standard InChI is InChI=1S/C35H64N4O8/c1-22-18-35(6,44-12)31(47-32-29(41)26(37(9)10)17-23(2)46-32)24(3)30(42)34(4,5)33(43)45-21-27(38(11)19-22)25-13-15-39(16-14-25)28(40)20-36(7)8/h22-27,29,31-32,41H,13-21H2,1-12H3/t22-,23-,24+,26+,27+,29-,31-,32+,35-/m1/s1. The highest BCUT2D eigenvalue weighted by Gasteiger charge is 2.51. The molecule has 0 spiro atoms. The lowest BCUT2D eigenvalue weighted by atomic mass is 9.74. The van der Waals surface area contributed by atoms with Crippen LogP contribution in [0.15, 0.2) is 0 Å². The molecule has 3 fully saturated rings. The Bertz CT molecular complexity index is 1060. The highest BCUT2D eigenvalue weighted by Crippen LogP contribution is 2.38. The van der Waals surface area contributed by atoms with E-state index in [4.69, 9.17) is 18.9 Å². The molecule has 0 bridgehead atoms. The van der Waals surface area contributed by atoms with E-state index in [1.807, 2.05) is 56.7 Å². The molecule has 0 aromatic heterocycles. The van der Waals surface area contributed by atoms with Crippen LogP contribution in [0.4, 0.5) is 0 Å². The second kappa shape index (κ2) is 16.4. The number of carbonyl (C=O) groups is 3. The van der Waals surface area contributed by atoms with Crippen molar-refractivity contribution in [2.75, 3.05) is 75.1 Å². The largest absolute Gasteiger partial charge is 0.463 e. The number of cyclic esters (lactones) is 1. The number of aliphatic hydroxyl groups is 1. The first-order valence-corrected chi connectivity index (χ1v) is 17.4. The molecular formula is C35H64N4O8. The molecule has 0 aromatic carbocycles. The van der Waals surface area contributed by atoms with Gasteiger partial charge in [-0.25, -0.2) is 0 Å². The number of Topliss-reactive ketones (excluding diaryl/α,β-unsaturated/α-hetero) is 1. The molecule has 0 aromatic rings. The van der Waals surface area contributed by atoms with Crippen molar-refractivity contribution >= 4 is 17.7 Å². The Kier molecular flexibility index (Phi) is 13.8. The fraction of sp³-hybridized carbons (Fsp3) is 0.914. The van der Waals surface area contributed by atoms with E-state index in [0.29, 0.717) is 39.0 Å². The van der Waals surface area contributed by atoms with Gasteiger partial charge in [-0.05, 0) is 100 Å². The normalized spacial score (nSPS) is 37.3. The summed E-state index contributed by atoms with van der Waals surface area (Å²) in [6.07, 6.45) is -0.102. The molecule has 0 saturated carbocycles. The maximum absolute atomic E-state index is 14.3. The van der Waals surface area contributed by atoms with Gasteiger partial charge in [-0.1, -0.05) is 13.8 Å². The number of piperidine rings is 1. The van der Waals surface area contributed by atoms with Crippen molar-refractivity contribution in [1.82, 2.24) is 19.6 Å². The third-order valence-corrected chi connectivity index (χ3v) is 10.8. The molecule has 1 amide bonds. The van der Waals surface area contributed by atoms with Crippen LogP contribution >= 0.6 is 0 Å². The van der Waals surface area contributed by atoms with Crippen LogP contribution in [0.1, 0.15) is 67.2 Å². The molecule has 3 rings (SSSR count). The zero-order valence-electron chi connectivity index (χ0n) is 31.2. The summed E-state index contributed by atoms with van der Waals surface area (Å²) in [7, 11) is 11.3. The minimum absolute atomic E-state index is 0.0762. The van der Waals surface area contributed by atoms with E-state index < -0.39 is 41.4 Å². The minimum atomic E-state index is -1.45. The SMILES string of the molecule is CO[C@]1(C)C[C@@H](C)CN(C)[C@H](C2CCN(C(=O)CN(C)C)CC2)COC(=O)C(C)(C)C(=O)[C@H](C)[C@H]1O[C@@H]1O[C@H](C)C[C@H](N(C)C)[C@H]1O. The summed E-state index contributed by atoms with van der Waals surface area (Å²) in [4.78, 5) is 48.7. The lowest BCUT2D eigenvalue weighted by Gasteiger charge is -2.47. The van der Waals surface area contributed by atoms with Gasteiger partial charge in [0.15, 0.2) is 12.1 Å². The highest BCUT2D eigenvalue weighted by atomic mass is 16.7. The number of hydrogen-bond acceptors (Lipinski definition) is 11. The second-order valence-corrected chi connectivity index (χ2v) is 15.8. The Hall–Kier alpha value is -1.67. The molecule has 0 aliphatic carbocycles. The topological polar surface area (TPSA) is 121 Å². The van der Waals surface area contributed by atoms with Gasteiger partial charge in [-0.2, -0.15) is 0 Å². The van der Waals surface area contributed by atoms with E-state index in [1.165, 1.54) is 0 Å². The van der Waals surface area contributed by atoms with E-state index in [1.54, 1.807) is 27.9 Å². The van der Waals surface area contributed by atoms with Gasteiger partial charge in [-0.15, -0.1) is 0 Å². The molecular weight excluding hydrogens is 604 g/mol. The Morgan fingerprint density at radius 2 is 1.68 bits per heavy atom. The van der Waals surface area contributed by atoms with Gasteiger partial charge < -0.3 is 38.8 Å². The zero-order chi connectivity index (χ0) is 35.4. The molecule has 3 heterocycles. The van der Waals surface area contributed by atoms with Gasteiger partial charge in [0.05, 0.1) is 24.4 Å². The van der Waals surface area contributed by atoms with E-state index in [0.717, 1.165) is 12.8 Å². The Balaban J connectivity index is 1.92. The van der Waals surface area contributed by atoms with Crippen molar-refractivity contribution in [3.8, 4) is 0 Å². The third kappa shape index (κ3) is 9.52. The maximum Gasteiger partial charge on any atom is 0.319 e.